The number of carbonyl (C=O) groups excluding carboxylic acids is 1. The zero-order valence-corrected chi connectivity index (χ0v) is 11.7. The summed E-state index contributed by atoms with van der Waals surface area (Å²) in [4.78, 5) is 15.8. The SMILES string of the molecule is CC(C)NC(=O)c1cncc(Nc2ccc(F)c(F)c2)c1. The average Bonchev–Trinajstić information content (AvgIpc) is 2.42. The van der Waals surface area contributed by atoms with Gasteiger partial charge in [-0.15, -0.1) is 0 Å². The molecule has 110 valence electrons. The first-order chi connectivity index (χ1) is 9.95. The molecule has 0 unspecified atom stereocenters. The molecule has 2 rings (SSSR count). The van der Waals surface area contributed by atoms with Gasteiger partial charge < -0.3 is 10.6 Å². The minimum atomic E-state index is -0.943. The Morgan fingerprint density at radius 1 is 1.10 bits per heavy atom. The van der Waals surface area contributed by atoms with E-state index in [0.29, 0.717) is 16.9 Å². The molecule has 0 aliphatic rings. The molecule has 4 nitrogen and oxygen atoms in total. The second-order valence-electron chi connectivity index (χ2n) is 4.84. The molecule has 2 N–H and O–H groups in total. The number of pyridine rings is 1. The molecule has 1 aromatic heterocycles. The molecule has 6 heteroatoms. The number of nitrogens with zero attached hydrogens (tertiary/aromatic N) is 1. The lowest BCUT2D eigenvalue weighted by molar-refractivity contribution is 0.0943. The zero-order chi connectivity index (χ0) is 15.4. The van der Waals surface area contributed by atoms with Gasteiger partial charge in [0.05, 0.1) is 17.4 Å². The number of hydrogen-bond donors (Lipinski definition) is 2. The molecular weight excluding hydrogens is 276 g/mol. The Kier molecular flexibility index (Phi) is 4.47. The van der Waals surface area contributed by atoms with Crippen molar-refractivity contribution in [1.29, 1.82) is 0 Å². The molecule has 0 aliphatic heterocycles. The summed E-state index contributed by atoms with van der Waals surface area (Å²) in [6.45, 7) is 3.71. The van der Waals surface area contributed by atoms with Gasteiger partial charge in [0.15, 0.2) is 11.6 Å². The van der Waals surface area contributed by atoms with E-state index in [1.54, 1.807) is 6.07 Å². The van der Waals surface area contributed by atoms with Crippen molar-refractivity contribution in [1.82, 2.24) is 10.3 Å². The number of hydrogen-bond acceptors (Lipinski definition) is 3. The van der Waals surface area contributed by atoms with Gasteiger partial charge >= 0.3 is 0 Å². The normalized spacial score (nSPS) is 10.5. The van der Waals surface area contributed by atoms with E-state index < -0.39 is 11.6 Å². The highest BCUT2D eigenvalue weighted by molar-refractivity contribution is 5.95. The van der Waals surface area contributed by atoms with Crippen LogP contribution in [0.1, 0.15) is 24.2 Å². The third-order valence-corrected chi connectivity index (χ3v) is 2.63. The van der Waals surface area contributed by atoms with Gasteiger partial charge in [0.2, 0.25) is 0 Å². The third kappa shape index (κ3) is 3.98. The summed E-state index contributed by atoms with van der Waals surface area (Å²) in [6.07, 6.45) is 2.93. The van der Waals surface area contributed by atoms with Crippen LogP contribution in [0.2, 0.25) is 0 Å². The fourth-order valence-corrected chi connectivity index (χ4v) is 1.72. The Hall–Kier alpha value is -2.50. The van der Waals surface area contributed by atoms with E-state index in [1.807, 2.05) is 13.8 Å². The predicted octanol–water partition coefficient (Wildman–Crippen LogP) is 3.24. The van der Waals surface area contributed by atoms with Crippen LogP contribution < -0.4 is 10.6 Å². The number of halogens is 2. The van der Waals surface area contributed by atoms with Crippen LogP contribution in [-0.2, 0) is 0 Å². The number of rotatable bonds is 4. The maximum absolute atomic E-state index is 13.1. The van der Waals surface area contributed by atoms with Gasteiger partial charge in [0.1, 0.15) is 0 Å². The number of anilines is 2. The molecule has 1 aromatic carbocycles. The number of amides is 1. The van der Waals surface area contributed by atoms with Crippen LogP contribution in [0.15, 0.2) is 36.7 Å². The third-order valence-electron chi connectivity index (χ3n) is 2.63. The van der Waals surface area contributed by atoms with Gasteiger partial charge in [-0.3, -0.25) is 9.78 Å². The second-order valence-corrected chi connectivity index (χ2v) is 4.84. The Labute approximate surface area is 121 Å². The van der Waals surface area contributed by atoms with E-state index in [-0.39, 0.29) is 11.9 Å². The molecule has 0 saturated carbocycles. The molecule has 21 heavy (non-hydrogen) atoms. The summed E-state index contributed by atoms with van der Waals surface area (Å²) < 4.78 is 26.0. The Balaban J connectivity index is 2.17. The lowest BCUT2D eigenvalue weighted by Crippen LogP contribution is -2.30. The summed E-state index contributed by atoms with van der Waals surface area (Å²) >= 11 is 0. The molecule has 0 fully saturated rings. The van der Waals surface area contributed by atoms with E-state index in [2.05, 4.69) is 15.6 Å². The Bertz CT molecular complexity index is 659. The standard InChI is InChI=1S/C15H15F2N3O/c1-9(2)19-15(21)10-5-12(8-18-7-10)20-11-3-4-13(16)14(17)6-11/h3-9,20H,1-2H3,(H,19,21). The maximum atomic E-state index is 13.1. The van der Waals surface area contributed by atoms with E-state index in [4.69, 9.17) is 0 Å². The van der Waals surface area contributed by atoms with Gasteiger partial charge in [-0.1, -0.05) is 0 Å². The monoisotopic (exact) mass is 291 g/mol. The van der Waals surface area contributed by atoms with E-state index >= 15 is 0 Å². The first-order valence-electron chi connectivity index (χ1n) is 6.43. The van der Waals surface area contributed by atoms with Gasteiger partial charge in [-0.25, -0.2) is 8.78 Å². The van der Waals surface area contributed by atoms with Crippen molar-refractivity contribution in [2.75, 3.05) is 5.32 Å². The van der Waals surface area contributed by atoms with Crippen LogP contribution in [0.25, 0.3) is 0 Å². The minimum absolute atomic E-state index is 0.0142. The topological polar surface area (TPSA) is 54.0 Å². The first-order valence-corrected chi connectivity index (χ1v) is 6.43. The second kappa shape index (κ2) is 6.30. The largest absolute Gasteiger partial charge is 0.354 e. The molecule has 1 amide bonds. The van der Waals surface area contributed by atoms with Crippen molar-refractivity contribution in [3.63, 3.8) is 0 Å². The molecule has 0 aliphatic carbocycles. The summed E-state index contributed by atoms with van der Waals surface area (Å²) in [5, 5.41) is 5.62. The van der Waals surface area contributed by atoms with Crippen molar-refractivity contribution in [3.05, 3.63) is 53.9 Å². The number of carbonyl (C=O) groups is 1. The number of benzene rings is 1. The van der Waals surface area contributed by atoms with E-state index in [1.165, 1.54) is 18.5 Å². The molecule has 0 bridgehead atoms. The van der Waals surface area contributed by atoms with Gasteiger partial charge in [-0.2, -0.15) is 0 Å². The Morgan fingerprint density at radius 3 is 2.52 bits per heavy atom. The lowest BCUT2D eigenvalue weighted by Gasteiger charge is -2.10. The lowest BCUT2D eigenvalue weighted by atomic mass is 10.2. The van der Waals surface area contributed by atoms with Crippen molar-refractivity contribution >= 4 is 17.3 Å². The summed E-state index contributed by atoms with van der Waals surface area (Å²) in [6, 6.07) is 5.07. The van der Waals surface area contributed by atoms with Crippen molar-refractivity contribution < 1.29 is 13.6 Å². The van der Waals surface area contributed by atoms with Gasteiger partial charge in [-0.05, 0) is 32.0 Å². The number of nitrogens with one attached hydrogen (secondary N) is 2. The predicted molar refractivity (Wildman–Crippen MR) is 76.5 cm³/mol. The quantitative estimate of drug-likeness (QED) is 0.909. The summed E-state index contributed by atoms with van der Waals surface area (Å²) in [5.74, 6) is -2.10. The van der Waals surface area contributed by atoms with E-state index in [0.717, 1.165) is 12.1 Å². The fraction of sp³-hybridized carbons (Fsp3) is 0.200. The molecule has 0 spiro atoms. The fourth-order valence-electron chi connectivity index (χ4n) is 1.72. The van der Waals surface area contributed by atoms with Crippen LogP contribution in [0, 0.1) is 11.6 Å². The van der Waals surface area contributed by atoms with Gasteiger partial charge in [0.25, 0.3) is 5.91 Å². The molecule has 2 aromatic rings. The molecule has 1 heterocycles. The highest BCUT2D eigenvalue weighted by atomic mass is 19.2. The Morgan fingerprint density at radius 2 is 1.86 bits per heavy atom. The van der Waals surface area contributed by atoms with Crippen molar-refractivity contribution in [3.8, 4) is 0 Å². The average molecular weight is 291 g/mol. The van der Waals surface area contributed by atoms with Crippen LogP contribution in [-0.4, -0.2) is 16.9 Å². The van der Waals surface area contributed by atoms with E-state index in [9.17, 15) is 13.6 Å². The molecule has 0 atom stereocenters. The highest BCUT2D eigenvalue weighted by Gasteiger charge is 2.09. The minimum Gasteiger partial charge on any atom is -0.354 e. The summed E-state index contributed by atoms with van der Waals surface area (Å²) in [5.41, 5.74) is 1.27. The molecule has 0 radical (unpaired) electrons. The van der Waals surface area contributed by atoms with Gasteiger partial charge in [0, 0.05) is 24.0 Å². The van der Waals surface area contributed by atoms with Crippen LogP contribution >= 0.6 is 0 Å². The highest BCUT2D eigenvalue weighted by Crippen LogP contribution is 2.19. The summed E-state index contributed by atoms with van der Waals surface area (Å²) in [7, 11) is 0. The maximum Gasteiger partial charge on any atom is 0.253 e. The van der Waals surface area contributed by atoms with Crippen LogP contribution in [0.4, 0.5) is 20.2 Å². The molecular formula is C15H15F2N3O. The first kappa shape index (κ1) is 14.9. The number of aromatic nitrogens is 1. The van der Waals surface area contributed by atoms with Crippen LogP contribution in [0.3, 0.4) is 0 Å². The van der Waals surface area contributed by atoms with Crippen molar-refractivity contribution in [2.24, 2.45) is 0 Å². The smallest absolute Gasteiger partial charge is 0.253 e. The van der Waals surface area contributed by atoms with Crippen LogP contribution in [0.5, 0.6) is 0 Å². The zero-order valence-electron chi connectivity index (χ0n) is 11.7. The molecule has 0 saturated heterocycles. The van der Waals surface area contributed by atoms with Crippen molar-refractivity contribution in [2.45, 2.75) is 19.9 Å².